The van der Waals surface area contributed by atoms with Crippen LogP contribution in [0.2, 0.25) is 0 Å². The number of benzene rings is 1. The number of methoxy groups -OCH3 is 1. The van der Waals surface area contributed by atoms with Gasteiger partial charge >= 0.3 is 0 Å². The summed E-state index contributed by atoms with van der Waals surface area (Å²) >= 11 is 0. The molecule has 1 aromatic rings. The van der Waals surface area contributed by atoms with Crippen LogP contribution in [0.15, 0.2) is 24.3 Å². The van der Waals surface area contributed by atoms with E-state index in [1.54, 1.807) is 7.11 Å². The molecule has 0 heterocycles. The first-order chi connectivity index (χ1) is 8.79. The minimum Gasteiger partial charge on any atom is -0.497 e. The second-order valence-electron chi connectivity index (χ2n) is 5.06. The van der Waals surface area contributed by atoms with E-state index in [0.717, 1.165) is 38.1 Å². The molecule has 18 heavy (non-hydrogen) atoms. The highest BCUT2D eigenvalue weighted by Gasteiger charge is 2.24. The first kappa shape index (κ1) is 13.4. The molecule has 0 radical (unpaired) electrons. The lowest BCUT2D eigenvalue weighted by molar-refractivity contribution is 0.132. The van der Waals surface area contributed by atoms with Gasteiger partial charge < -0.3 is 15.2 Å². The first-order valence-electron chi connectivity index (χ1n) is 6.81. The molecule has 0 bridgehead atoms. The molecule has 1 aromatic carbocycles. The molecule has 1 fully saturated rings. The number of hydrogen-bond donors (Lipinski definition) is 2. The number of rotatable bonds is 6. The van der Waals surface area contributed by atoms with E-state index in [1.807, 2.05) is 12.1 Å². The number of nitrogens with one attached hydrogen (secondary N) is 1. The Morgan fingerprint density at radius 1 is 1.28 bits per heavy atom. The van der Waals surface area contributed by atoms with Crippen LogP contribution in [0.4, 0.5) is 0 Å². The summed E-state index contributed by atoms with van der Waals surface area (Å²) < 4.78 is 5.13. The van der Waals surface area contributed by atoms with Gasteiger partial charge in [0.15, 0.2) is 0 Å². The minimum absolute atomic E-state index is 0.0847. The summed E-state index contributed by atoms with van der Waals surface area (Å²) in [4.78, 5) is 0. The molecule has 2 atom stereocenters. The first-order valence-corrected chi connectivity index (χ1v) is 6.81. The topological polar surface area (TPSA) is 41.5 Å². The van der Waals surface area contributed by atoms with Crippen LogP contribution in [0.5, 0.6) is 5.75 Å². The fourth-order valence-corrected chi connectivity index (χ4v) is 2.57. The van der Waals surface area contributed by atoms with E-state index < -0.39 is 0 Å². The largest absolute Gasteiger partial charge is 0.497 e. The fraction of sp³-hybridized carbons (Fsp3) is 0.600. The predicted octanol–water partition coefficient (Wildman–Crippen LogP) is 1.99. The second kappa shape index (κ2) is 6.76. The molecule has 0 aliphatic heterocycles. The molecular weight excluding hydrogens is 226 g/mol. The number of hydrogen-bond acceptors (Lipinski definition) is 3. The lowest BCUT2D eigenvalue weighted by Crippen LogP contribution is -2.29. The van der Waals surface area contributed by atoms with Crippen LogP contribution in [0.1, 0.15) is 24.8 Å². The van der Waals surface area contributed by atoms with Crippen LogP contribution in [0.25, 0.3) is 0 Å². The van der Waals surface area contributed by atoms with Crippen molar-refractivity contribution in [3.63, 3.8) is 0 Å². The van der Waals surface area contributed by atoms with Crippen molar-refractivity contribution in [2.75, 3.05) is 20.2 Å². The zero-order chi connectivity index (χ0) is 12.8. The third-order valence-corrected chi connectivity index (χ3v) is 3.77. The van der Waals surface area contributed by atoms with Crippen molar-refractivity contribution in [3.05, 3.63) is 29.8 Å². The molecule has 2 rings (SSSR count). The van der Waals surface area contributed by atoms with E-state index in [2.05, 4.69) is 17.4 Å². The molecule has 0 aromatic heterocycles. The van der Waals surface area contributed by atoms with E-state index in [0.29, 0.717) is 5.92 Å². The second-order valence-corrected chi connectivity index (χ2v) is 5.06. The normalized spacial score (nSPS) is 23.2. The van der Waals surface area contributed by atoms with Crippen molar-refractivity contribution in [1.82, 2.24) is 5.32 Å². The molecule has 0 saturated heterocycles. The van der Waals surface area contributed by atoms with Gasteiger partial charge in [-0.1, -0.05) is 18.6 Å². The molecule has 1 saturated carbocycles. The molecule has 2 unspecified atom stereocenters. The third-order valence-electron chi connectivity index (χ3n) is 3.77. The van der Waals surface area contributed by atoms with Crippen molar-refractivity contribution < 1.29 is 9.84 Å². The van der Waals surface area contributed by atoms with Gasteiger partial charge in [-0.05, 0) is 49.4 Å². The molecular formula is C15H23NO2. The van der Waals surface area contributed by atoms with Crippen LogP contribution >= 0.6 is 0 Å². The molecule has 1 aliphatic carbocycles. The summed E-state index contributed by atoms with van der Waals surface area (Å²) in [6, 6.07) is 8.20. The van der Waals surface area contributed by atoms with Crippen LogP contribution < -0.4 is 10.1 Å². The van der Waals surface area contributed by atoms with Crippen molar-refractivity contribution in [2.45, 2.75) is 31.8 Å². The Morgan fingerprint density at radius 3 is 2.67 bits per heavy atom. The molecule has 100 valence electrons. The highest BCUT2D eigenvalue weighted by molar-refractivity contribution is 5.27. The summed E-state index contributed by atoms with van der Waals surface area (Å²) in [6.45, 7) is 1.91. The zero-order valence-corrected chi connectivity index (χ0v) is 11.1. The van der Waals surface area contributed by atoms with Gasteiger partial charge in [0.1, 0.15) is 5.75 Å². The summed E-state index contributed by atoms with van der Waals surface area (Å²) in [6.07, 6.45) is 4.25. The highest BCUT2D eigenvalue weighted by atomic mass is 16.5. The lowest BCUT2D eigenvalue weighted by atomic mass is 10.1. The average molecular weight is 249 g/mol. The zero-order valence-electron chi connectivity index (χ0n) is 11.1. The maximum atomic E-state index is 9.71. The Bertz CT molecular complexity index is 350. The van der Waals surface area contributed by atoms with E-state index >= 15 is 0 Å². The maximum Gasteiger partial charge on any atom is 0.118 e. The number of aliphatic hydroxyl groups excluding tert-OH is 1. The SMILES string of the molecule is COc1ccc(CCNCC2CCCC2O)cc1. The van der Waals surface area contributed by atoms with Crippen molar-refractivity contribution in [2.24, 2.45) is 5.92 Å². The Hall–Kier alpha value is -1.06. The van der Waals surface area contributed by atoms with Crippen LogP contribution in [-0.2, 0) is 6.42 Å². The average Bonchev–Trinajstić information content (AvgIpc) is 2.81. The molecule has 0 spiro atoms. The van der Waals surface area contributed by atoms with Gasteiger partial charge in [-0.2, -0.15) is 0 Å². The Kier molecular flexibility index (Phi) is 5.02. The van der Waals surface area contributed by atoms with E-state index in [1.165, 1.54) is 12.0 Å². The smallest absolute Gasteiger partial charge is 0.118 e. The highest BCUT2D eigenvalue weighted by Crippen LogP contribution is 2.24. The predicted molar refractivity (Wildman–Crippen MR) is 72.9 cm³/mol. The Morgan fingerprint density at radius 2 is 2.06 bits per heavy atom. The molecule has 1 aliphatic rings. The molecule has 3 nitrogen and oxygen atoms in total. The van der Waals surface area contributed by atoms with E-state index in [-0.39, 0.29) is 6.10 Å². The van der Waals surface area contributed by atoms with Gasteiger partial charge in [0, 0.05) is 6.54 Å². The van der Waals surface area contributed by atoms with Crippen molar-refractivity contribution in [1.29, 1.82) is 0 Å². The maximum absolute atomic E-state index is 9.71. The van der Waals surface area contributed by atoms with Crippen LogP contribution in [0.3, 0.4) is 0 Å². The van der Waals surface area contributed by atoms with Crippen molar-refractivity contribution >= 4 is 0 Å². The Labute approximate surface area is 109 Å². The quantitative estimate of drug-likeness (QED) is 0.758. The van der Waals surface area contributed by atoms with Gasteiger partial charge in [-0.25, -0.2) is 0 Å². The summed E-state index contributed by atoms with van der Waals surface area (Å²) in [5.41, 5.74) is 1.32. The van der Waals surface area contributed by atoms with Gasteiger partial charge in [0.05, 0.1) is 13.2 Å². The van der Waals surface area contributed by atoms with E-state index in [9.17, 15) is 5.11 Å². The standard InChI is InChI=1S/C15H23NO2/c1-18-14-7-5-12(6-8-14)9-10-16-11-13-3-2-4-15(13)17/h5-8,13,15-17H,2-4,9-11H2,1H3. The molecule has 2 N–H and O–H groups in total. The third kappa shape index (κ3) is 3.72. The fourth-order valence-electron chi connectivity index (χ4n) is 2.57. The molecule has 3 heteroatoms. The summed E-state index contributed by atoms with van der Waals surface area (Å²) in [5.74, 6) is 1.36. The van der Waals surface area contributed by atoms with Crippen LogP contribution in [-0.4, -0.2) is 31.4 Å². The summed E-state index contributed by atoms with van der Waals surface area (Å²) in [5, 5.41) is 13.2. The lowest BCUT2D eigenvalue weighted by Gasteiger charge is -2.15. The minimum atomic E-state index is -0.0847. The van der Waals surface area contributed by atoms with Gasteiger partial charge in [0.2, 0.25) is 0 Å². The van der Waals surface area contributed by atoms with E-state index in [4.69, 9.17) is 4.74 Å². The van der Waals surface area contributed by atoms with Crippen LogP contribution in [0, 0.1) is 5.92 Å². The Balaban J connectivity index is 1.65. The number of ether oxygens (including phenoxy) is 1. The van der Waals surface area contributed by atoms with Crippen molar-refractivity contribution in [3.8, 4) is 5.75 Å². The number of aliphatic hydroxyl groups is 1. The molecule has 0 amide bonds. The monoisotopic (exact) mass is 249 g/mol. The summed E-state index contributed by atoms with van der Waals surface area (Å²) in [7, 11) is 1.68. The van der Waals surface area contributed by atoms with Gasteiger partial charge in [-0.15, -0.1) is 0 Å². The van der Waals surface area contributed by atoms with Gasteiger partial charge in [0.25, 0.3) is 0 Å². The van der Waals surface area contributed by atoms with Gasteiger partial charge in [-0.3, -0.25) is 0 Å².